The van der Waals surface area contributed by atoms with Gasteiger partial charge in [-0.05, 0) is 71.4 Å². The molecule has 2 saturated carbocycles. The number of rotatable bonds is 7. The number of carbonyl (C=O) groups excluding carboxylic acids is 3. The third-order valence-corrected chi connectivity index (χ3v) is 12.0. The maximum absolute atomic E-state index is 14.2. The average molecular weight is 722 g/mol. The fraction of sp³-hybridized carbons (Fsp3) is 0.528. The lowest BCUT2D eigenvalue weighted by Crippen LogP contribution is -2.57. The lowest BCUT2D eigenvalue weighted by Gasteiger charge is -2.28. The Hall–Kier alpha value is -4.50. The van der Waals surface area contributed by atoms with E-state index < -0.39 is 56.8 Å². The van der Waals surface area contributed by atoms with E-state index in [0.29, 0.717) is 59.0 Å². The molecule has 14 nitrogen and oxygen atoms in total. The summed E-state index contributed by atoms with van der Waals surface area (Å²) < 4.78 is 51.2. The normalized spacial score (nSPS) is 27.2. The molecule has 3 fully saturated rings. The van der Waals surface area contributed by atoms with E-state index in [1.807, 2.05) is 31.2 Å². The Morgan fingerprint density at radius 3 is 2.65 bits per heavy atom. The zero-order chi connectivity index (χ0) is 36.1. The van der Waals surface area contributed by atoms with Gasteiger partial charge in [0.15, 0.2) is 0 Å². The smallest absolute Gasteiger partial charge is 0.259 e. The molecule has 1 aromatic carbocycles. The Morgan fingerprint density at radius 2 is 1.92 bits per heavy atom. The van der Waals surface area contributed by atoms with E-state index in [1.165, 1.54) is 4.90 Å². The number of benzene rings is 1. The molecule has 3 amide bonds. The van der Waals surface area contributed by atoms with Crippen LogP contribution in [0.2, 0.25) is 0 Å². The van der Waals surface area contributed by atoms with Crippen LogP contribution in [-0.4, -0.2) is 90.5 Å². The Morgan fingerprint density at radius 1 is 1.12 bits per heavy atom. The number of hydrogen-bond donors (Lipinski definition) is 2. The van der Waals surface area contributed by atoms with Crippen molar-refractivity contribution in [2.75, 3.05) is 20.3 Å². The van der Waals surface area contributed by atoms with E-state index in [4.69, 9.17) is 23.7 Å². The molecule has 272 valence electrons. The van der Waals surface area contributed by atoms with E-state index in [1.54, 1.807) is 33.1 Å². The largest absolute Gasteiger partial charge is 0.496 e. The van der Waals surface area contributed by atoms with Gasteiger partial charge in [0.25, 0.3) is 11.8 Å². The van der Waals surface area contributed by atoms with Gasteiger partial charge in [-0.15, -0.1) is 0 Å². The molecule has 51 heavy (non-hydrogen) atoms. The maximum Gasteiger partial charge on any atom is 0.259 e. The molecule has 0 spiro atoms. The molecule has 2 aliphatic carbocycles. The second-order valence-electron chi connectivity index (χ2n) is 14.0. The van der Waals surface area contributed by atoms with Crippen molar-refractivity contribution in [3.8, 4) is 22.9 Å². The number of aryl methyl sites for hydroxylation is 2. The van der Waals surface area contributed by atoms with Crippen LogP contribution in [0.5, 0.6) is 11.5 Å². The Bertz CT molecular complexity index is 2010. The molecule has 5 atom stereocenters. The molecule has 0 radical (unpaired) electrons. The fourth-order valence-corrected chi connectivity index (χ4v) is 8.39. The molecule has 2 aliphatic heterocycles. The van der Waals surface area contributed by atoms with Crippen LogP contribution in [0, 0.1) is 19.8 Å². The summed E-state index contributed by atoms with van der Waals surface area (Å²) in [5, 5.41) is 7.14. The van der Waals surface area contributed by atoms with E-state index in [2.05, 4.69) is 15.2 Å². The van der Waals surface area contributed by atoms with E-state index in [0.717, 1.165) is 24.8 Å². The van der Waals surface area contributed by atoms with Crippen LogP contribution in [0.4, 0.5) is 0 Å². The summed E-state index contributed by atoms with van der Waals surface area (Å²) in [6.07, 6.45) is 5.94. The lowest BCUT2D eigenvalue weighted by molar-refractivity contribution is -0.147. The van der Waals surface area contributed by atoms with Crippen molar-refractivity contribution in [1.29, 1.82) is 0 Å². The zero-order valence-corrected chi connectivity index (χ0v) is 30.0. The molecule has 2 aromatic heterocycles. The van der Waals surface area contributed by atoms with Gasteiger partial charge >= 0.3 is 0 Å². The second-order valence-corrected chi connectivity index (χ2v) is 15.9. The molecule has 0 bridgehead atoms. The SMILES string of the molecule is COc1ccc2c(OC3CC4C(=O)NC5(C(=O)NS(=O)(=O)C6CC6)CC5C=CCCCCOC(C)C(=O)N4C3)cc(-c3cc(C)on3)nc2c1C. The van der Waals surface area contributed by atoms with E-state index in [9.17, 15) is 22.8 Å². The van der Waals surface area contributed by atoms with Gasteiger partial charge in [-0.25, -0.2) is 13.4 Å². The van der Waals surface area contributed by atoms with Gasteiger partial charge in [-0.2, -0.15) is 0 Å². The quantitative estimate of drug-likeness (QED) is 0.341. The first kappa shape index (κ1) is 34.9. The number of hydrogen-bond acceptors (Lipinski definition) is 11. The minimum atomic E-state index is -3.85. The number of nitrogens with one attached hydrogen (secondary N) is 2. The highest BCUT2D eigenvalue weighted by atomic mass is 32.2. The molecule has 7 rings (SSSR count). The van der Waals surface area contributed by atoms with Crippen LogP contribution in [0.3, 0.4) is 0 Å². The van der Waals surface area contributed by atoms with Gasteiger partial charge in [0.05, 0.1) is 30.1 Å². The summed E-state index contributed by atoms with van der Waals surface area (Å²) in [4.78, 5) is 48.0. The molecule has 2 N–H and O–H groups in total. The first-order valence-electron chi connectivity index (χ1n) is 17.5. The molecule has 4 aliphatic rings. The number of nitrogens with zero attached hydrogens (tertiary/aromatic N) is 3. The number of carbonyl (C=O) groups is 3. The van der Waals surface area contributed by atoms with Crippen molar-refractivity contribution in [2.24, 2.45) is 5.92 Å². The number of sulfonamides is 1. The Labute approximate surface area is 296 Å². The van der Waals surface area contributed by atoms with Gasteiger partial charge in [-0.1, -0.05) is 17.3 Å². The highest BCUT2D eigenvalue weighted by molar-refractivity contribution is 7.91. The monoisotopic (exact) mass is 721 g/mol. The Balaban J connectivity index is 1.21. The standard InChI is InChI=1S/C36H43N5O9S/c1-20-15-28(39-50-20)27-17-31(26-12-13-30(47-4)21(2)32(26)37-27)49-24-16-29-33(42)38-36(35(44)40-51(45,46)25-10-11-25)18-23(36)9-7-5-6-8-14-48-22(3)34(43)41(29)19-24/h7,9,12-13,15,17,22-25,29H,5-6,8,10-11,14,16,18-19H2,1-4H3,(H,38,42)(H,40,44). The van der Waals surface area contributed by atoms with Crippen molar-refractivity contribution in [3.05, 3.63) is 47.7 Å². The molecular formula is C36H43N5O9S. The van der Waals surface area contributed by atoms with Gasteiger partial charge in [0.1, 0.15) is 46.7 Å². The summed E-state index contributed by atoms with van der Waals surface area (Å²) in [7, 11) is -2.27. The number of amides is 3. The van der Waals surface area contributed by atoms with Crippen molar-refractivity contribution in [2.45, 2.75) is 94.8 Å². The number of ether oxygens (including phenoxy) is 3. The fourth-order valence-electron chi connectivity index (χ4n) is 7.03. The number of pyridine rings is 1. The predicted molar refractivity (Wildman–Crippen MR) is 185 cm³/mol. The molecular weight excluding hydrogens is 678 g/mol. The number of methoxy groups -OCH3 is 1. The van der Waals surface area contributed by atoms with Crippen molar-refractivity contribution >= 4 is 38.6 Å². The van der Waals surface area contributed by atoms with Crippen LogP contribution < -0.4 is 19.5 Å². The molecule has 5 unspecified atom stereocenters. The topological polar surface area (TPSA) is 179 Å². The van der Waals surface area contributed by atoms with Gasteiger partial charge in [0, 0.05) is 42.0 Å². The summed E-state index contributed by atoms with van der Waals surface area (Å²) in [5.41, 5.74) is 1.00. The molecule has 15 heteroatoms. The second kappa shape index (κ2) is 13.6. The van der Waals surface area contributed by atoms with Crippen LogP contribution in [0.25, 0.3) is 22.3 Å². The number of fused-ring (bicyclic) bond motifs is 3. The van der Waals surface area contributed by atoms with Crippen LogP contribution in [-0.2, 0) is 29.1 Å². The van der Waals surface area contributed by atoms with Crippen LogP contribution >= 0.6 is 0 Å². The highest BCUT2D eigenvalue weighted by Crippen LogP contribution is 2.46. The third-order valence-electron chi connectivity index (χ3n) is 10.2. The average Bonchev–Trinajstić information content (AvgIpc) is 3.99. The molecule has 3 aromatic rings. The summed E-state index contributed by atoms with van der Waals surface area (Å²) in [6, 6.07) is 6.20. The Kier molecular flexibility index (Phi) is 9.29. The lowest BCUT2D eigenvalue weighted by atomic mass is 10.1. The maximum atomic E-state index is 14.2. The van der Waals surface area contributed by atoms with Crippen molar-refractivity contribution < 1.29 is 41.5 Å². The van der Waals surface area contributed by atoms with Gasteiger partial charge in [0.2, 0.25) is 15.9 Å². The summed E-state index contributed by atoms with van der Waals surface area (Å²) >= 11 is 0. The van der Waals surface area contributed by atoms with E-state index >= 15 is 0 Å². The van der Waals surface area contributed by atoms with Crippen LogP contribution in [0.15, 0.2) is 40.9 Å². The zero-order valence-electron chi connectivity index (χ0n) is 29.1. The molecule has 4 heterocycles. The predicted octanol–water partition coefficient (Wildman–Crippen LogP) is 3.49. The van der Waals surface area contributed by atoms with Crippen molar-refractivity contribution in [3.63, 3.8) is 0 Å². The highest BCUT2D eigenvalue weighted by Gasteiger charge is 2.62. The van der Waals surface area contributed by atoms with Gasteiger partial charge in [-0.3, -0.25) is 19.1 Å². The van der Waals surface area contributed by atoms with E-state index in [-0.39, 0.29) is 25.3 Å². The van der Waals surface area contributed by atoms with Crippen LogP contribution in [0.1, 0.15) is 63.2 Å². The summed E-state index contributed by atoms with van der Waals surface area (Å²) in [5.74, 6) is -0.362. The summed E-state index contributed by atoms with van der Waals surface area (Å²) in [6.45, 7) is 5.79. The van der Waals surface area contributed by atoms with Gasteiger partial charge < -0.3 is 29.0 Å². The first-order chi connectivity index (χ1) is 24.4. The minimum absolute atomic E-state index is 0.0700. The molecule has 1 saturated heterocycles. The minimum Gasteiger partial charge on any atom is -0.496 e. The van der Waals surface area contributed by atoms with Crippen molar-refractivity contribution in [1.82, 2.24) is 25.1 Å². The number of aromatic nitrogens is 2. The third kappa shape index (κ3) is 6.93. The first-order valence-corrected chi connectivity index (χ1v) is 19.0. The number of allylic oxidation sites excluding steroid dienone is 1.